The number of nitrogens with two attached hydrogens (primary N) is 2. The fraction of sp³-hybridized carbons (Fsp3) is 0. The summed E-state index contributed by atoms with van der Waals surface area (Å²) in [6.45, 7) is 0. The van der Waals surface area contributed by atoms with Crippen molar-refractivity contribution in [3.05, 3.63) is 60.2 Å². The van der Waals surface area contributed by atoms with E-state index in [2.05, 4.69) is 15.3 Å². The molecule has 0 aliphatic heterocycles. The fourth-order valence-corrected chi connectivity index (χ4v) is 2.09. The average molecular weight is 322 g/mol. The highest BCUT2D eigenvalue weighted by Crippen LogP contribution is 2.32. The molecular formula is C16H14N6O2. The van der Waals surface area contributed by atoms with Gasteiger partial charge in [0.1, 0.15) is 0 Å². The molecular weight excluding hydrogens is 308 g/mol. The lowest BCUT2D eigenvalue weighted by Gasteiger charge is -2.04. The van der Waals surface area contributed by atoms with Gasteiger partial charge in [0.15, 0.2) is 17.3 Å². The van der Waals surface area contributed by atoms with Gasteiger partial charge in [-0.25, -0.2) is 9.48 Å². The van der Waals surface area contributed by atoms with E-state index in [9.17, 15) is 4.79 Å². The van der Waals surface area contributed by atoms with Gasteiger partial charge in [0.2, 0.25) is 0 Å². The fourth-order valence-electron chi connectivity index (χ4n) is 2.09. The smallest absolute Gasteiger partial charge is 0.335 e. The third kappa shape index (κ3) is 2.93. The summed E-state index contributed by atoms with van der Waals surface area (Å²) < 4.78 is 1.39. The monoisotopic (exact) mass is 322 g/mol. The van der Waals surface area contributed by atoms with Crippen molar-refractivity contribution in [1.29, 1.82) is 0 Å². The van der Waals surface area contributed by atoms with E-state index in [1.165, 1.54) is 16.8 Å². The molecule has 24 heavy (non-hydrogen) atoms. The van der Waals surface area contributed by atoms with Crippen LogP contribution in [-0.4, -0.2) is 20.9 Å². The first-order valence-electron chi connectivity index (χ1n) is 7.01. The SMILES string of the molecule is Nc1nn(-c2ccc(C(=O)O)cc2)c(N)c1N=Nc1ccccc1. The minimum Gasteiger partial charge on any atom is -0.478 e. The molecule has 1 aromatic heterocycles. The van der Waals surface area contributed by atoms with Gasteiger partial charge >= 0.3 is 5.97 Å². The van der Waals surface area contributed by atoms with Crippen molar-refractivity contribution in [2.24, 2.45) is 10.2 Å². The number of hydrogen-bond acceptors (Lipinski definition) is 6. The maximum atomic E-state index is 10.9. The highest BCUT2D eigenvalue weighted by atomic mass is 16.4. The van der Waals surface area contributed by atoms with Crippen molar-refractivity contribution in [2.45, 2.75) is 0 Å². The number of benzene rings is 2. The molecule has 0 saturated carbocycles. The Labute approximate surface area is 137 Å². The number of azo groups is 1. The summed E-state index contributed by atoms with van der Waals surface area (Å²) in [7, 11) is 0. The molecule has 0 spiro atoms. The van der Waals surface area contributed by atoms with Crippen molar-refractivity contribution < 1.29 is 9.90 Å². The summed E-state index contributed by atoms with van der Waals surface area (Å²) in [6.07, 6.45) is 0. The minimum absolute atomic E-state index is 0.134. The summed E-state index contributed by atoms with van der Waals surface area (Å²) in [5, 5.41) is 21.2. The van der Waals surface area contributed by atoms with E-state index in [-0.39, 0.29) is 22.9 Å². The Morgan fingerprint density at radius 2 is 1.67 bits per heavy atom. The second kappa shape index (κ2) is 6.21. The van der Waals surface area contributed by atoms with Crippen molar-refractivity contribution in [2.75, 3.05) is 11.5 Å². The summed E-state index contributed by atoms with van der Waals surface area (Å²) in [6, 6.07) is 15.2. The number of aromatic nitrogens is 2. The van der Waals surface area contributed by atoms with E-state index in [0.29, 0.717) is 11.4 Å². The molecule has 0 radical (unpaired) electrons. The molecule has 0 fully saturated rings. The lowest BCUT2D eigenvalue weighted by atomic mass is 10.2. The van der Waals surface area contributed by atoms with E-state index in [0.717, 1.165) is 0 Å². The molecule has 0 unspecified atom stereocenters. The predicted molar refractivity (Wildman–Crippen MR) is 90.0 cm³/mol. The van der Waals surface area contributed by atoms with Gasteiger partial charge in [-0.1, -0.05) is 18.2 Å². The number of carbonyl (C=O) groups is 1. The van der Waals surface area contributed by atoms with Crippen LogP contribution in [0.15, 0.2) is 64.8 Å². The topological polar surface area (TPSA) is 132 Å². The summed E-state index contributed by atoms with van der Waals surface area (Å²) in [4.78, 5) is 10.9. The molecule has 8 heteroatoms. The van der Waals surface area contributed by atoms with Crippen molar-refractivity contribution in [3.63, 3.8) is 0 Å². The van der Waals surface area contributed by atoms with Crippen LogP contribution in [0.25, 0.3) is 5.69 Å². The average Bonchev–Trinajstić information content (AvgIpc) is 2.88. The van der Waals surface area contributed by atoms with Crippen molar-refractivity contribution >= 4 is 29.0 Å². The number of aromatic carboxylic acids is 1. The molecule has 0 amide bonds. The van der Waals surface area contributed by atoms with E-state index < -0.39 is 5.97 Å². The molecule has 0 bridgehead atoms. The number of rotatable bonds is 4. The number of carboxylic acid groups (broad SMARTS) is 1. The van der Waals surface area contributed by atoms with E-state index in [1.54, 1.807) is 24.3 Å². The van der Waals surface area contributed by atoms with Crippen LogP contribution in [0.4, 0.5) is 23.0 Å². The Kier molecular flexibility index (Phi) is 3.94. The molecule has 0 aliphatic rings. The molecule has 120 valence electrons. The first-order chi connectivity index (χ1) is 11.6. The minimum atomic E-state index is -1.01. The van der Waals surface area contributed by atoms with Crippen molar-refractivity contribution in [3.8, 4) is 5.69 Å². The Bertz CT molecular complexity index is 900. The molecule has 3 rings (SSSR count). The Morgan fingerprint density at radius 3 is 2.29 bits per heavy atom. The molecule has 3 aromatic rings. The number of anilines is 2. The lowest BCUT2D eigenvalue weighted by molar-refractivity contribution is 0.0697. The normalized spacial score (nSPS) is 11.0. The van der Waals surface area contributed by atoms with Gasteiger partial charge in [-0.2, -0.15) is 5.11 Å². The molecule has 0 saturated heterocycles. The zero-order valence-electron chi connectivity index (χ0n) is 12.5. The molecule has 8 nitrogen and oxygen atoms in total. The first-order valence-corrected chi connectivity index (χ1v) is 7.01. The largest absolute Gasteiger partial charge is 0.478 e. The molecule has 0 atom stereocenters. The number of carboxylic acids is 1. The molecule has 5 N–H and O–H groups in total. The van der Waals surface area contributed by atoms with Crippen LogP contribution in [0.5, 0.6) is 0 Å². The van der Waals surface area contributed by atoms with Gasteiger partial charge in [-0.15, -0.1) is 10.2 Å². The summed E-state index contributed by atoms with van der Waals surface area (Å²) in [5.41, 5.74) is 13.6. The molecule has 0 aliphatic carbocycles. The highest BCUT2D eigenvalue weighted by molar-refractivity contribution is 5.87. The quantitative estimate of drug-likeness (QED) is 0.635. The van der Waals surface area contributed by atoms with Crippen LogP contribution < -0.4 is 11.5 Å². The van der Waals surface area contributed by atoms with Crippen LogP contribution >= 0.6 is 0 Å². The van der Waals surface area contributed by atoms with E-state index >= 15 is 0 Å². The van der Waals surface area contributed by atoms with Crippen LogP contribution in [-0.2, 0) is 0 Å². The van der Waals surface area contributed by atoms with Gasteiger partial charge < -0.3 is 16.6 Å². The standard InChI is InChI=1S/C16H14N6O2/c17-14-13(20-19-11-4-2-1-3-5-11)15(18)22(21-14)12-8-6-10(7-9-12)16(23)24/h1-9H,18H2,(H2,17,21)(H,23,24). The van der Waals surface area contributed by atoms with E-state index in [4.69, 9.17) is 16.6 Å². The first kappa shape index (κ1) is 15.2. The lowest BCUT2D eigenvalue weighted by Crippen LogP contribution is -2.03. The van der Waals surface area contributed by atoms with Crippen LogP contribution in [0.1, 0.15) is 10.4 Å². The molecule has 1 heterocycles. The Morgan fingerprint density at radius 1 is 1.00 bits per heavy atom. The maximum Gasteiger partial charge on any atom is 0.335 e. The molecule has 2 aromatic carbocycles. The predicted octanol–water partition coefficient (Wildman–Crippen LogP) is 3.15. The van der Waals surface area contributed by atoms with Crippen LogP contribution in [0.3, 0.4) is 0 Å². The number of hydrogen-bond donors (Lipinski definition) is 3. The van der Waals surface area contributed by atoms with Crippen molar-refractivity contribution in [1.82, 2.24) is 9.78 Å². The van der Waals surface area contributed by atoms with Gasteiger partial charge in [0, 0.05) is 0 Å². The van der Waals surface area contributed by atoms with Gasteiger partial charge in [-0.3, -0.25) is 0 Å². The summed E-state index contributed by atoms with van der Waals surface area (Å²) in [5.74, 6) is -0.656. The number of nitrogen functional groups attached to an aromatic ring is 2. The number of nitrogens with zero attached hydrogens (tertiary/aromatic N) is 4. The maximum absolute atomic E-state index is 10.9. The van der Waals surface area contributed by atoms with Crippen LogP contribution in [0.2, 0.25) is 0 Å². The van der Waals surface area contributed by atoms with Gasteiger partial charge in [-0.05, 0) is 36.4 Å². The zero-order chi connectivity index (χ0) is 17.1. The highest BCUT2D eigenvalue weighted by Gasteiger charge is 2.15. The third-order valence-electron chi connectivity index (χ3n) is 3.30. The second-order valence-electron chi connectivity index (χ2n) is 4.92. The van der Waals surface area contributed by atoms with Crippen LogP contribution in [0, 0.1) is 0 Å². The Hall–Kier alpha value is -3.68. The third-order valence-corrected chi connectivity index (χ3v) is 3.30. The Balaban J connectivity index is 1.94. The summed E-state index contributed by atoms with van der Waals surface area (Å²) >= 11 is 0. The van der Waals surface area contributed by atoms with E-state index in [1.807, 2.05) is 18.2 Å². The second-order valence-corrected chi connectivity index (χ2v) is 4.92. The van der Waals surface area contributed by atoms with Gasteiger partial charge in [0.25, 0.3) is 0 Å². The van der Waals surface area contributed by atoms with Gasteiger partial charge in [0.05, 0.1) is 16.9 Å². The zero-order valence-corrected chi connectivity index (χ0v) is 12.5.